The molecule has 1 amide bonds. The van der Waals surface area contributed by atoms with Gasteiger partial charge in [0.1, 0.15) is 11.3 Å². The first kappa shape index (κ1) is 21.3. The van der Waals surface area contributed by atoms with Crippen LogP contribution in [0.15, 0.2) is 78.9 Å². The summed E-state index contributed by atoms with van der Waals surface area (Å²) in [4.78, 5) is 30.5. The number of hydrogen-bond donors (Lipinski definition) is 2. The zero-order valence-electron chi connectivity index (χ0n) is 19.5. The van der Waals surface area contributed by atoms with Crippen molar-refractivity contribution in [2.24, 2.45) is 5.41 Å². The van der Waals surface area contributed by atoms with Crippen LogP contribution < -0.4 is 10.6 Å². The van der Waals surface area contributed by atoms with Gasteiger partial charge < -0.3 is 10.2 Å². The highest BCUT2D eigenvalue weighted by Gasteiger charge is 2.74. The summed E-state index contributed by atoms with van der Waals surface area (Å²) in [6.07, 6.45) is 0.430. The predicted octanol–water partition coefficient (Wildman–Crippen LogP) is 4.16. The van der Waals surface area contributed by atoms with Crippen LogP contribution in [0.1, 0.15) is 40.6 Å². The van der Waals surface area contributed by atoms with Crippen molar-refractivity contribution in [2.45, 2.75) is 30.8 Å². The van der Waals surface area contributed by atoms with E-state index in [9.17, 15) is 9.59 Å². The maximum absolute atomic E-state index is 14.3. The molecule has 4 atom stereocenters. The van der Waals surface area contributed by atoms with Gasteiger partial charge in [0.05, 0.1) is 5.41 Å². The first-order chi connectivity index (χ1) is 16.5. The largest absolute Gasteiger partial charge is 0.324 e. The van der Waals surface area contributed by atoms with Crippen LogP contribution in [0.3, 0.4) is 0 Å². The Morgan fingerprint density at radius 2 is 1.59 bits per heavy atom. The second kappa shape index (κ2) is 7.62. The second-order valence-electron chi connectivity index (χ2n) is 10.1. The molecule has 3 aliphatic heterocycles. The molecule has 0 aliphatic carbocycles. The van der Waals surface area contributed by atoms with Crippen molar-refractivity contribution in [1.82, 2.24) is 10.2 Å². The van der Waals surface area contributed by atoms with Gasteiger partial charge in [-0.1, -0.05) is 78.4 Å². The van der Waals surface area contributed by atoms with Crippen LogP contribution >= 0.6 is 0 Å². The third-order valence-corrected chi connectivity index (χ3v) is 8.16. The number of fused-ring (bicyclic) bond motifs is 3. The van der Waals surface area contributed by atoms with Crippen LogP contribution in [0, 0.1) is 12.3 Å². The number of piperidine rings is 1. The molecule has 3 aliphatic rings. The van der Waals surface area contributed by atoms with Gasteiger partial charge in [0.15, 0.2) is 0 Å². The Bertz CT molecular complexity index is 1270. The zero-order chi connectivity index (χ0) is 23.5. The van der Waals surface area contributed by atoms with Crippen LogP contribution in [0.25, 0.3) is 0 Å². The normalized spacial score (nSPS) is 30.6. The highest BCUT2D eigenvalue weighted by Crippen LogP contribution is 2.65. The standard InChI is InChI=1S/C29H29N3O2/c1-19-12-14-20(15-13-19)25-26(21-8-4-3-5-9-21)31-29(28(25)18-32(2)17-16-24(28)33)22-10-6-7-11-23(22)30-27(29)34/h3-15,25-26,31H,16-18H2,1-2H3,(H,30,34)/t25-,26-,28+,29-/m0/s1. The molecule has 3 aromatic carbocycles. The lowest BCUT2D eigenvalue weighted by atomic mass is 9.56. The van der Waals surface area contributed by atoms with Crippen LogP contribution in [-0.2, 0) is 15.1 Å². The summed E-state index contributed by atoms with van der Waals surface area (Å²) in [5.41, 5.74) is 2.91. The van der Waals surface area contributed by atoms with Crippen molar-refractivity contribution in [3.05, 3.63) is 101 Å². The first-order valence-corrected chi connectivity index (χ1v) is 12.0. The number of nitrogens with one attached hydrogen (secondary N) is 2. The van der Waals surface area contributed by atoms with Crippen molar-refractivity contribution < 1.29 is 9.59 Å². The number of anilines is 1. The number of ketones is 1. The molecule has 3 aromatic rings. The molecule has 2 spiro atoms. The molecule has 0 bridgehead atoms. The SMILES string of the molecule is Cc1ccc([C@H]2[C@H](c3ccccc3)N[C@@]3(C(=O)Nc4ccccc43)[C@@]23CN(C)CCC3=O)cc1. The van der Waals surface area contributed by atoms with E-state index in [0.29, 0.717) is 19.5 Å². The van der Waals surface area contributed by atoms with E-state index >= 15 is 0 Å². The quantitative estimate of drug-likeness (QED) is 0.614. The van der Waals surface area contributed by atoms with Gasteiger partial charge in [0, 0.05) is 42.7 Å². The van der Waals surface area contributed by atoms with Gasteiger partial charge in [-0.3, -0.25) is 14.9 Å². The number of benzene rings is 3. The van der Waals surface area contributed by atoms with E-state index in [1.54, 1.807) is 0 Å². The van der Waals surface area contributed by atoms with Gasteiger partial charge in [0.2, 0.25) is 0 Å². The van der Waals surface area contributed by atoms with Crippen LogP contribution in [0.4, 0.5) is 5.69 Å². The third kappa shape index (κ3) is 2.74. The molecule has 0 saturated carbocycles. The van der Waals surface area contributed by atoms with Gasteiger partial charge in [-0.05, 0) is 31.2 Å². The van der Waals surface area contributed by atoms with E-state index in [1.165, 1.54) is 5.56 Å². The third-order valence-electron chi connectivity index (χ3n) is 8.16. The maximum atomic E-state index is 14.3. The Labute approximate surface area is 200 Å². The summed E-state index contributed by atoms with van der Waals surface area (Å²) >= 11 is 0. The molecule has 0 aromatic heterocycles. The number of para-hydroxylation sites is 1. The molecule has 3 heterocycles. The zero-order valence-corrected chi connectivity index (χ0v) is 19.5. The first-order valence-electron chi connectivity index (χ1n) is 12.0. The van der Waals surface area contributed by atoms with Crippen molar-refractivity contribution >= 4 is 17.4 Å². The topological polar surface area (TPSA) is 61.4 Å². The molecule has 2 saturated heterocycles. The average Bonchev–Trinajstić information content (AvgIpc) is 3.31. The lowest BCUT2D eigenvalue weighted by Gasteiger charge is -2.48. The Hall–Kier alpha value is -3.28. The summed E-state index contributed by atoms with van der Waals surface area (Å²) in [5.74, 6) is -0.176. The van der Waals surface area contributed by atoms with Crippen LogP contribution in [-0.4, -0.2) is 36.7 Å². The number of aryl methyl sites for hydroxylation is 1. The van der Waals surface area contributed by atoms with E-state index in [2.05, 4.69) is 65.9 Å². The Balaban J connectivity index is 1.68. The molecular formula is C29H29N3O2. The monoisotopic (exact) mass is 451 g/mol. The van der Waals surface area contributed by atoms with E-state index in [4.69, 9.17) is 0 Å². The van der Waals surface area contributed by atoms with Crippen molar-refractivity contribution in [2.75, 3.05) is 25.5 Å². The highest BCUT2D eigenvalue weighted by molar-refractivity contribution is 6.11. The second-order valence-corrected chi connectivity index (χ2v) is 10.1. The molecule has 34 heavy (non-hydrogen) atoms. The van der Waals surface area contributed by atoms with Crippen molar-refractivity contribution in [3.8, 4) is 0 Å². The Kier molecular flexibility index (Phi) is 4.77. The molecule has 0 radical (unpaired) electrons. The summed E-state index contributed by atoms with van der Waals surface area (Å²) in [6, 6.07) is 26.4. The average molecular weight is 452 g/mol. The number of carbonyl (C=O) groups is 2. The maximum Gasteiger partial charge on any atom is 0.250 e. The number of hydrogen-bond acceptors (Lipinski definition) is 4. The fraction of sp³-hybridized carbons (Fsp3) is 0.310. The Morgan fingerprint density at radius 1 is 0.882 bits per heavy atom. The fourth-order valence-corrected chi connectivity index (χ4v) is 6.70. The number of Topliss-reactive ketones (excluding diaryl/α,β-unsaturated/α-hetero) is 1. The van der Waals surface area contributed by atoms with Crippen molar-refractivity contribution in [1.29, 1.82) is 0 Å². The fourth-order valence-electron chi connectivity index (χ4n) is 6.70. The van der Waals surface area contributed by atoms with Gasteiger partial charge in [-0.25, -0.2) is 0 Å². The lowest BCUT2D eigenvalue weighted by Crippen LogP contribution is -2.64. The summed E-state index contributed by atoms with van der Waals surface area (Å²) < 4.78 is 0. The summed E-state index contributed by atoms with van der Waals surface area (Å²) in [5, 5.41) is 6.92. The van der Waals surface area contributed by atoms with Crippen LogP contribution in [0.5, 0.6) is 0 Å². The molecular weight excluding hydrogens is 422 g/mol. The van der Waals surface area contributed by atoms with E-state index in [1.807, 2.05) is 42.5 Å². The predicted molar refractivity (Wildman–Crippen MR) is 133 cm³/mol. The lowest BCUT2D eigenvalue weighted by molar-refractivity contribution is -0.145. The highest BCUT2D eigenvalue weighted by atomic mass is 16.2. The molecule has 5 nitrogen and oxygen atoms in total. The minimum absolute atomic E-state index is 0.132. The molecule has 0 unspecified atom stereocenters. The van der Waals surface area contributed by atoms with Crippen LogP contribution in [0.2, 0.25) is 0 Å². The minimum atomic E-state index is -1.15. The number of likely N-dealkylation sites (tertiary alicyclic amines) is 1. The molecule has 5 heteroatoms. The van der Waals surface area contributed by atoms with E-state index in [-0.39, 0.29) is 23.7 Å². The van der Waals surface area contributed by atoms with Gasteiger partial charge in [-0.15, -0.1) is 0 Å². The molecule has 6 rings (SSSR count). The number of amides is 1. The number of carbonyl (C=O) groups excluding carboxylic acids is 2. The van der Waals surface area contributed by atoms with E-state index in [0.717, 1.165) is 22.4 Å². The molecule has 2 N–H and O–H groups in total. The number of nitrogens with zero attached hydrogens (tertiary/aromatic N) is 1. The minimum Gasteiger partial charge on any atom is -0.324 e. The van der Waals surface area contributed by atoms with Crippen molar-refractivity contribution in [3.63, 3.8) is 0 Å². The van der Waals surface area contributed by atoms with Gasteiger partial charge >= 0.3 is 0 Å². The summed E-state index contributed by atoms with van der Waals surface area (Å²) in [7, 11) is 2.06. The number of rotatable bonds is 2. The smallest absolute Gasteiger partial charge is 0.250 e. The van der Waals surface area contributed by atoms with Gasteiger partial charge in [-0.2, -0.15) is 0 Å². The van der Waals surface area contributed by atoms with Gasteiger partial charge in [0.25, 0.3) is 5.91 Å². The Morgan fingerprint density at radius 3 is 2.35 bits per heavy atom. The van der Waals surface area contributed by atoms with E-state index < -0.39 is 11.0 Å². The molecule has 172 valence electrons. The molecule has 2 fully saturated rings. The summed E-state index contributed by atoms with van der Waals surface area (Å²) in [6.45, 7) is 3.29.